The molecule has 0 radical (unpaired) electrons. The first-order valence-electron chi connectivity index (χ1n) is 5.67. The highest BCUT2D eigenvalue weighted by molar-refractivity contribution is 5.03. The Morgan fingerprint density at radius 3 is 2.94 bits per heavy atom. The summed E-state index contributed by atoms with van der Waals surface area (Å²) >= 11 is 0. The summed E-state index contributed by atoms with van der Waals surface area (Å²) < 4.78 is 0. The van der Waals surface area contributed by atoms with Gasteiger partial charge < -0.3 is 15.7 Å². The summed E-state index contributed by atoms with van der Waals surface area (Å²) in [5, 5.41) is 8.75. The lowest BCUT2D eigenvalue weighted by Crippen LogP contribution is -2.36. The fourth-order valence-corrected chi connectivity index (χ4v) is 1.60. The summed E-state index contributed by atoms with van der Waals surface area (Å²) in [4.78, 5) is 6.44. The summed E-state index contributed by atoms with van der Waals surface area (Å²) in [7, 11) is 2.04. The van der Waals surface area contributed by atoms with Gasteiger partial charge in [0.05, 0.1) is 0 Å². The van der Waals surface area contributed by atoms with Crippen molar-refractivity contribution in [3.05, 3.63) is 30.1 Å². The molecule has 0 aliphatic carbocycles. The number of pyridine rings is 1. The molecule has 0 saturated carbocycles. The quantitative estimate of drug-likeness (QED) is 0.696. The van der Waals surface area contributed by atoms with E-state index in [4.69, 9.17) is 10.8 Å². The number of likely N-dealkylation sites (N-methyl/N-ethyl adjacent to an activating group) is 1. The lowest BCUT2D eigenvalue weighted by Gasteiger charge is -2.20. The van der Waals surface area contributed by atoms with Gasteiger partial charge in [-0.15, -0.1) is 0 Å². The standard InChI is InChI=1S/C12H21N3O/c1-15(10-11(13)6-9-16)8-5-12-4-2-3-7-14-12/h2-4,7,11,16H,5-6,8-10,13H2,1H3. The van der Waals surface area contributed by atoms with Gasteiger partial charge in [-0.25, -0.2) is 0 Å². The van der Waals surface area contributed by atoms with Crippen LogP contribution in [-0.4, -0.2) is 47.8 Å². The van der Waals surface area contributed by atoms with Crippen molar-refractivity contribution in [3.63, 3.8) is 0 Å². The van der Waals surface area contributed by atoms with Gasteiger partial charge in [0.1, 0.15) is 0 Å². The van der Waals surface area contributed by atoms with Gasteiger partial charge in [-0.05, 0) is 25.6 Å². The predicted molar refractivity (Wildman–Crippen MR) is 65.1 cm³/mol. The van der Waals surface area contributed by atoms with Crippen LogP contribution in [0.1, 0.15) is 12.1 Å². The third-order valence-corrected chi connectivity index (χ3v) is 2.52. The van der Waals surface area contributed by atoms with Crippen LogP contribution in [0.15, 0.2) is 24.4 Å². The molecule has 0 saturated heterocycles. The molecule has 1 unspecified atom stereocenters. The van der Waals surface area contributed by atoms with Crippen LogP contribution in [-0.2, 0) is 6.42 Å². The Balaban J connectivity index is 2.22. The van der Waals surface area contributed by atoms with E-state index in [1.807, 2.05) is 31.4 Å². The fraction of sp³-hybridized carbons (Fsp3) is 0.583. The molecular weight excluding hydrogens is 202 g/mol. The van der Waals surface area contributed by atoms with E-state index in [1.54, 1.807) is 0 Å². The molecular formula is C12H21N3O. The van der Waals surface area contributed by atoms with Crippen molar-refractivity contribution in [2.45, 2.75) is 18.9 Å². The number of rotatable bonds is 7. The zero-order valence-corrected chi connectivity index (χ0v) is 9.84. The predicted octanol–water partition coefficient (Wildman–Crippen LogP) is 0.266. The van der Waals surface area contributed by atoms with Crippen molar-refractivity contribution in [2.75, 3.05) is 26.7 Å². The molecule has 4 heteroatoms. The molecule has 0 spiro atoms. The molecule has 0 amide bonds. The number of nitrogens with zero attached hydrogens (tertiary/aromatic N) is 2. The minimum atomic E-state index is 0.0544. The van der Waals surface area contributed by atoms with Crippen LogP contribution in [0.25, 0.3) is 0 Å². The third-order valence-electron chi connectivity index (χ3n) is 2.52. The maximum absolute atomic E-state index is 8.75. The molecule has 1 atom stereocenters. The highest BCUT2D eigenvalue weighted by Gasteiger charge is 2.06. The van der Waals surface area contributed by atoms with Crippen molar-refractivity contribution >= 4 is 0 Å². The van der Waals surface area contributed by atoms with Crippen LogP contribution in [0.5, 0.6) is 0 Å². The highest BCUT2D eigenvalue weighted by atomic mass is 16.3. The fourth-order valence-electron chi connectivity index (χ4n) is 1.60. The second-order valence-corrected chi connectivity index (χ2v) is 4.11. The zero-order valence-electron chi connectivity index (χ0n) is 9.84. The molecule has 16 heavy (non-hydrogen) atoms. The number of aliphatic hydroxyl groups excluding tert-OH is 1. The normalized spacial score (nSPS) is 13.0. The van der Waals surface area contributed by atoms with Gasteiger partial charge in [-0.1, -0.05) is 6.07 Å². The Bertz CT molecular complexity index is 279. The minimum absolute atomic E-state index is 0.0544. The van der Waals surface area contributed by atoms with Crippen molar-refractivity contribution in [1.29, 1.82) is 0 Å². The summed E-state index contributed by atoms with van der Waals surface area (Å²) in [5.74, 6) is 0. The van der Waals surface area contributed by atoms with Gasteiger partial charge in [0, 0.05) is 44.0 Å². The topological polar surface area (TPSA) is 62.4 Å². The van der Waals surface area contributed by atoms with E-state index in [0.29, 0.717) is 6.42 Å². The summed E-state index contributed by atoms with van der Waals surface area (Å²) in [6.45, 7) is 1.92. The van der Waals surface area contributed by atoms with E-state index < -0.39 is 0 Å². The van der Waals surface area contributed by atoms with Crippen molar-refractivity contribution in [3.8, 4) is 0 Å². The molecule has 1 aromatic heterocycles. The van der Waals surface area contributed by atoms with Crippen LogP contribution in [0.4, 0.5) is 0 Å². The van der Waals surface area contributed by atoms with Gasteiger partial charge in [-0.2, -0.15) is 0 Å². The van der Waals surface area contributed by atoms with Crippen molar-refractivity contribution in [1.82, 2.24) is 9.88 Å². The maximum atomic E-state index is 8.75. The molecule has 1 aromatic rings. The van der Waals surface area contributed by atoms with Gasteiger partial charge in [-0.3, -0.25) is 4.98 Å². The second kappa shape index (κ2) is 7.33. The van der Waals surface area contributed by atoms with E-state index in [1.165, 1.54) is 0 Å². The van der Waals surface area contributed by atoms with E-state index >= 15 is 0 Å². The molecule has 1 heterocycles. The Morgan fingerprint density at radius 2 is 2.31 bits per heavy atom. The first-order chi connectivity index (χ1) is 7.72. The second-order valence-electron chi connectivity index (χ2n) is 4.11. The Kier molecular flexibility index (Phi) is 6.00. The first kappa shape index (κ1) is 13.1. The van der Waals surface area contributed by atoms with E-state index in [2.05, 4.69) is 9.88 Å². The Morgan fingerprint density at radius 1 is 1.50 bits per heavy atom. The average Bonchev–Trinajstić information content (AvgIpc) is 2.28. The van der Waals surface area contributed by atoms with Gasteiger partial charge in [0.25, 0.3) is 0 Å². The number of hydrogen-bond donors (Lipinski definition) is 2. The van der Waals surface area contributed by atoms with Crippen molar-refractivity contribution in [2.24, 2.45) is 5.73 Å². The van der Waals surface area contributed by atoms with Crippen molar-refractivity contribution < 1.29 is 5.11 Å². The molecule has 90 valence electrons. The zero-order chi connectivity index (χ0) is 11.8. The van der Waals surface area contributed by atoms with Crippen LogP contribution < -0.4 is 5.73 Å². The lowest BCUT2D eigenvalue weighted by atomic mass is 10.2. The first-order valence-corrected chi connectivity index (χ1v) is 5.67. The highest BCUT2D eigenvalue weighted by Crippen LogP contribution is 1.98. The van der Waals surface area contributed by atoms with Gasteiger partial charge in [0.15, 0.2) is 0 Å². The number of aromatic nitrogens is 1. The van der Waals surface area contributed by atoms with Crippen LogP contribution in [0.3, 0.4) is 0 Å². The monoisotopic (exact) mass is 223 g/mol. The molecule has 0 fully saturated rings. The molecule has 0 aliphatic rings. The largest absolute Gasteiger partial charge is 0.396 e. The molecule has 0 aliphatic heterocycles. The molecule has 0 aromatic carbocycles. The van der Waals surface area contributed by atoms with Crippen LogP contribution in [0, 0.1) is 0 Å². The average molecular weight is 223 g/mol. The van der Waals surface area contributed by atoms with Gasteiger partial charge >= 0.3 is 0 Å². The summed E-state index contributed by atoms with van der Waals surface area (Å²) in [6, 6.07) is 6.00. The minimum Gasteiger partial charge on any atom is -0.396 e. The molecule has 4 nitrogen and oxygen atoms in total. The summed E-state index contributed by atoms with van der Waals surface area (Å²) in [6.07, 6.45) is 3.41. The SMILES string of the molecule is CN(CCc1ccccn1)CC(N)CCO. The van der Waals surface area contributed by atoms with E-state index in [-0.39, 0.29) is 12.6 Å². The third kappa shape index (κ3) is 5.21. The smallest absolute Gasteiger partial charge is 0.0446 e. The van der Waals surface area contributed by atoms with Crippen LogP contribution >= 0.6 is 0 Å². The molecule has 0 bridgehead atoms. The Labute approximate surface area is 97.1 Å². The lowest BCUT2D eigenvalue weighted by molar-refractivity contribution is 0.247. The van der Waals surface area contributed by atoms with Crippen LogP contribution in [0.2, 0.25) is 0 Å². The number of aliphatic hydroxyl groups is 1. The molecule has 1 rings (SSSR count). The number of nitrogens with two attached hydrogens (primary N) is 1. The summed E-state index contributed by atoms with van der Waals surface area (Å²) in [5.41, 5.74) is 6.94. The Hall–Kier alpha value is -0.970. The van der Waals surface area contributed by atoms with E-state index in [9.17, 15) is 0 Å². The van der Waals surface area contributed by atoms with E-state index in [0.717, 1.165) is 25.2 Å². The van der Waals surface area contributed by atoms with Gasteiger partial charge in [0.2, 0.25) is 0 Å². The maximum Gasteiger partial charge on any atom is 0.0446 e. The molecule has 3 N–H and O–H groups in total. The number of hydrogen-bond acceptors (Lipinski definition) is 4.